The van der Waals surface area contributed by atoms with Gasteiger partial charge >= 0.3 is 9.28 Å². The highest BCUT2D eigenvalue weighted by molar-refractivity contribution is 6.46. The molecular weight excluding hydrogens is 204 g/mol. The number of hydrogen-bond acceptors (Lipinski definition) is 2. The topological polar surface area (TPSA) is 18.5 Å². The van der Waals surface area contributed by atoms with E-state index in [0.29, 0.717) is 5.54 Å². The van der Waals surface area contributed by atoms with E-state index in [-0.39, 0.29) is 0 Å². The van der Waals surface area contributed by atoms with Crippen molar-refractivity contribution in [2.24, 2.45) is 5.92 Å². The lowest BCUT2D eigenvalue weighted by Crippen LogP contribution is -2.26. The highest BCUT2D eigenvalue weighted by Gasteiger charge is 2.21. The summed E-state index contributed by atoms with van der Waals surface area (Å²) in [6.07, 6.45) is 6.34. The first kappa shape index (κ1) is 12.8. The van der Waals surface area contributed by atoms with Crippen molar-refractivity contribution in [3.63, 3.8) is 0 Å². The van der Waals surface area contributed by atoms with Crippen molar-refractivity contribution in [2.75, 3.05) is 6.61 Å². The first-order chi connectivity index (χ1) is 7.13. The van der Waals surface area contributed by atoms with E-state index in [1.54, 1.807) is 0 Å². The third-order valence-electron chi connectivity index (χ3n) is 2.80. The maximum Gasteiger partial charge on any atom is 0.384 e. The zero-order valence-corrected chi connectivity index (χ0v) is 11.6. The van der Waals surface area contributed by atoms with Gasteiger partial charge in [0, 0.05) is 12.1 Å². The Morgan fingerprint density at radius 3 is 2.53 bits per heavy atom. The summed E-state index contributed by atoms with van der Waals surface area (Å²) in [5.41, 5.74) is 0.537. The van der Waals surface area contributed by atoms with Crippen LogP contribution in [0.3, 0.4) is 0 Å². The van der Waals surface area contributed by atoms with Crippen molar-refractivity contribution in [3.05, 3.63) is 11.8 Å². The minimum absolute atomic E-state index is 0.537. The Kier molecular flexibility index (Phi) is 5.40. The third-order valence-corrected chi connectivity index (χ3v) is 5.15. The maximum absolute atomic E-state index is 5.94. The molecule has 15 heavy (non-hydrogen) atoms. The van der Waals surface area contributed by atoms with E-state index in [1.807, 2.05) is 6.92 Å². The summed E-state index contributed by atoms with van der Waals surface area (Å²) in [5, 5.41) is 0. The predicted molar refractivity (Wildman–Crippen MR) is 66.1 cm³/mol. The molecule has 0 heterocycles. The molecule has 1 atom stereocenters. The van der Waals surface area contributed by atoms with Gasteiger partial charge in [-0.15, -0.1) is 0 Å². The number of hydrogen-bond donors (Lipinski definition) is 0. The summed E-state index contributed by atoms with van der Waals surface area (Å²) in [4.78, 5) is 0. The van der Waals surface area contributed by atoms with Crippen LogP contribution in [0.5, 0.6) is 0 Å². The molecule has 2 nitrogen and oxygen atoms in total. The van der Waals surface area contributed by atoms with E-state index in [0.717, 1.165) is 18.3 Å². The average Bonchev–Trinajstić information content (AvgIpc) is 2.10. The van der Waals surface area contributed by atoms with Gasteiger partial charge < -0.3 is 8.85 Å². The monoisotopic (exact) mass is 228 g/mol. The molecule has 0 aromatic heterocycles. The molecule has 1 saturated carbocycles. The third kappa shape index (κ3) is 4.39. The summed E-state index contributed by atoms with van der Waals surface area (Å²) in [6, 6.07) is 0. The normalized spacial score (nSPS) is 20.2. The average molecular weight is 228 g/mol. The van der Waals surface area contributed by atoms with Gasteiger partial charge in [-0.25, -0.2) is 0 Å². The fourth-order valence-electron chi connectivity index (χ4n) is 1.69. The lowest BCUT2D eigenvalue weighted by molar-refractivity contribution is 0.237. The second kappa shape index (κ2) is 6.33. The molecule has 0 spiro atoms. The van der Waals surface area contributed by atoms with E-state index < -0.39 is 9.28 Å². The summed E-state index contributed by atoms with van der Waals surface area (Å²) in [7, 11) is -1.48. The minimum Gasteiger partial charge on any atom is -0.526 e. The van der Waals surface area contributed by atoms with Crippen LogP contribution in [0.25, 0.3) is 0 Å². The van der Waals surface area contributed by atoms with Gasteiger partial charge in [0.25, 0.3) is 0 Å². The van der Waals surface area contributed by atoms with Gasteiger partial charge in [0.15, 0.2) is 0 Å². The SMILES string of the molecule is CCO[SiH](OC(C)=CC1CCC1)C(C)C. The van der Waals surface area contributed by atoms with E-state index in [4.69, 9.17) is 8.85 Å². The summed E-state index contributed by atoms with van der Waals surface area (Å²) >= 11 is 0. The van der Waals surface area contributed by atoms with Crippen molar-refractivity contribution >= 4 is 9.28 Å². The largest absolute Gasteiger partial charge is 0.526 e. The molecule has 0 aromatic rings. The van der Waals surface area contributed by atoms with E-state index in [1.165, 1.54) is 19.3 Å². The molecule has 0 aromatic carbocycles. The summed E-state index contributed by atoms with van der Waals surface area (Å²) in [6.45, 7) is 9.24. The number of rotatable bonds is 6. The fourth-order valence-corrected chi connectivity index (χ4v) is 3.19. The van der Waals surface area contributed by atoms with Crippen LogP contribution >= 0.6 is 0 Å². The molecule has 0 N–H and O–H groups in total. The Morgan fingerprint density at radius 1 is 1.47 bits per heavy atom. The van der Waals surface area contributed by atoms with Crippen molar-refractivity contribution in [1.29, 1.82) is 0 Å². The second-order valence-corrected chi connectivity index (χ2v) is 7.29. The fraction of sp³-hybridized carbons (Fsp3) is 0.833. The molecule has 1 aliphatic carbocycles. The molecule has 1 rings (SSSR count). The molecule has 1 aliphatic rings. The molecule has 0 bridgehead atoms. The molecule has 3 heteroatoms. The lowest BCUT2D eigenvalue weighted by atomic mass is 9.85. The van der Waals surface area contributed by atoms with E-state index in [9.17, 15) is 0 Å². The van der Waals surface area contributed by atoms with Crippen molar-refractivity contribution in [2.45, 2.75) is 52.5 Å². The van der Waals surface area contributed by atoms with Crippen LogP contribution in [0, 0.1) is 5.92 Å². The van der Waals surface area contributed by atoms with Gasteiger partial charge in [0.05, 0.1) is 5.76 Å². The Labute approximate surface area is 95.5 Å². The standard InChI is InChI=1S/C12H24O2Si/c1-5-13-15(10(2)3)14-11(4)9-12-7-6-8-12/h9-10,12,15H,5-8H2,1-4H3. The molecule has 1 fully saturated rings. The highest BCUT2D eigenvalue weighted by Crippen LogP contribution is 2.29. The van der Waals surface area contributed by atoms with Crippen LogP contribution < -0.4 is 0 Å². The number of allylic oxidation sites excluding steroid dienone is 2. The molecule has 0 aliphatic heterocycles. The quantitative estimate of drug-likeness (QED) is 0.512. The van der Waals surface area contributed by atoms with Crippen LogP contribution in [0.1, 0.15) is 47.0 Å². The molecule has 1 unspecified atom stereocenters. The zero-order valence-electron chi connectivity index (χ0n) is 10.5. The Hall–Kier alpha value is -0.283. The zero-order chi connectivity index (χ0) is 11.3. The molecule has 0 amide bonds. The van der Waals surface area contributed by atoms with Crippen LogP contribution in [0.2, 0.25) is 5.54 Å². The Morgan fingerprint density at radius 2 is 2.13 bits per heavy atom. The predicted octanol–water partition coefficient (Wildman–Crippen LogP) is 3.37. The van der Waals surface area contributed by atoms with Crippen LogP contribution in [0.15, 0.2) is 11.8 Å². The highest BCUT2D eigenvalue weighted by atomic mass is 28.3. The lowest BCUT2D eigenvalue weighted by Gasteiger charge is -2.25. The molecule has 88 valence electrons. The van der Waals surface area contributed by atoms with E-state index in [2.05, 4.69) is 26.8 Å². The van der Waals surface area contributed by atoms with Gasteiger partial charge in [-0.2, -0.15) is 0 Å². The minimum atomic E-state index is -1.48. The molecule has 0 radical (unpaired) electrons. The van der Waals surface area contributed by atoms with Gasteiger partial charge in [0.2, 0.25) is 0 Å². The summed E-state index contributed by atoms with van der Waals surface area (Å²) in [5.74, 6) is 1.85. The first-order valence-electron chi connectivity index (χ1n) is 6.10. The van der Waals surface area contributed by atoms with Gasteiger partial charge in [-0.05, 0) is 38.7 Å². The van der Waals surface area contributed by atoms with Crippen molar-refractivity contribution < 1.29 is 8.85 Å². The van der Waals surface area contributed by atoms with Crippen molar-refractivity contribution in [3.8, 4) is 0 Å². The van der Waals surface area contributed by atoms with Crippen LogP contribution in [0.4, 0.5) is 0 Å². The maximum atomic E-state index is 5.94. The Bertz CT molecular complexity index is 210. The molecule has 0 saturated heterocycles. The van der Waals surface area contributed by atoms with Gasteiger partial charge in [-0.1, -0.05) is 20.3 Å². The Balaban J connectivity index is 2.38. The van der Waals surface area contributed by atoms with Crippen LogP contribution in [-0.2, 0) is 8.85 Å². The van der Waals surface area contributed by atoms with Crippen molar-refractivity contribution in [1.82, 2.24) is 0 Å². The van der Waals surface area contributed by atoms with Gasteiger partial charge in [-0.3, -0.25) is 0 Å². The van der Waals surface area contributed by atoms with Crippen LogP contribution in [-0.4, -0.2) is 15.9 Å². The van der Waals surface area contributed by atoms with E-state index >= 15 is 0 Å². The first-order valence-corrected chi connectivity index (χ1v) is 7.71. The summed E-state index contributed by atoms with van der Waals surface area (Å²) < 4.78 is 11.6. The second-order valence-electron chi connectivity index (χ2n) is 4.65. The van der Waals surface area contributed by atoms with Gasteiger partial charge in [0.1, 0.15) is 0 Å². The molecular formula is C12H24O2Si. The smallest absolute Gasteiger partial charge is 0.384 e.